The highest BCUT2D eigenvalue weighted by molar-refractivity contribution is 7.71. The van der Waals surface area contributed by atoms with Crippen LogP contribution in [0.4, 0.5) is 0 Å². The SMILES string of the molecule is CCn1c(O)c(C(C)=NC)c(=O)n(CC)c1=S. The molecule has 6 heteroatoms. The van der Waals surface area contributed by atoms with E-state index in [0.29, 0.717) is 23.6 Å². The van der Waals surface area contributed by atoms with E-state index in [4.69, 9.17) is 12.2 Å². The van der Waals surface area contributed by atoms with Gasteiger partial charge in [-0.2, -0.15) is 0 Å². The molecular weight excluding hydrogens is 238 g/mol. The van der Waals surface area contributed by atoms with Gasteiger partial charge in [-0.25, -0.2) is 0 Å². The molecule has 0 saturated carbocycles. The average Bonchev–Trinajstić information content (AvgIpc) is 2.29. The third kappa shape index (κ3) is 2.17. The van der Waals surface area contributed by atoms with Gasteiger partial charge < -0.3 is 5.11 Å². The van der Waals surface area contributed by atoms with Crippen molar-refractivity contribution in [3.8, 4) is 5.88 Å². The minimum absolute atomic E-state index is 0.102. The molecule has 0 aliphatic heterocycles. The van der Waals surface area contributed by atoms with Crippen LogP contribution in [0.1, 0.15) is 26.3 Å². The molecular formula is C11H17N3O2S. The Bertz CT molecular complexity index is 569. The van der Waals surface area contributed by atoms with E-state index in [0.717, 1.165) is 0 Å². The van der Waals surface area contributed by atoms with Crippen LogP contribution in [0.5, 0.6) is 5.88 Å². The minimum atomic E-state index is -0.289. The molecule has 0 saturated heterocycles. The fourth-order valence-corrected chi connectivity index (χ4v) is 2.11. The van der Waals surface area contributed by atoms with Crippen LogP contribution in [-0.4, -0.2) is 27.0 Å². The lowest BCUT2D eigenvalue weighted by Crippen LogP contribution is -2.29. The maximum absolute atomic E-state index is 12.2. The summed E-state index contributed by atoms with van der Waals surface area (Å²) in [4.78, 5) is 16.1. The summed E-state index contributed by atoms with van der Waals surface area (Å²) in [7, 11) is 1.59. The Morgan fingerprint density at radius 1 is 1.35 bits per heavy atom. The summed E-state index contributed by atoms with van der Waals surface area (Å²) in [5.74, 6) is -0.102. The summed E-state index contributed by atoms with van der Waals surface area (Å²) in [6, 6.07) is 0. The van der Waals surface area contributed by atoms with Crippen LogP contribution >= 0.6 is 12.2 Å². The lowest BCUT2D eigenvalue weighted by molar-refractivity contribution is 0.399. The molecule has 0 unspecified atom stereocenters. The molecule has 0 atom stereocenters. The Balaban J connectivity index is 3.86. The number of aromatic nitrogens is 2. The van der Waals surface area contributed by atoms with Gasteiger partial charge in [0.1, 0.15) is 5.56 Å². The first-order valence-corrected chi connectivity index (χ1v) is 5.90. The third-order valence-electron chi connectivity index (χ3n) is 2.73. The van der Waals surface area contributed by atoms with Gasteiger partial charge in [0.25, 0.3) is 5.56 Å². The maximum Gasteiger partial charge on any atom is 0.267 e. The van der Waals surface area contributed by atoms with E-state index in [9.17, 15) is 9.90 Å². The van der Waals surface area contributed by atoms with Crippen LogP contribution < -0.4 is 5.56 Å². The van der Waals surface area contributed by atoms with Crippen molar-refractivity contribution < 1.29 is 5.11 Å². The Hall–Kier alpha value is -1.43. The van der Waals surface area contributed by atoms with E-state index in [1.165, 1.54) is 9.13 Å². The molecule has 1 aromatic heterocycles. The van der Waals surface area contributed by atoms with Gasteiger partial charge in [0.2, 0.25) is 5.88 Å². The Morgan fingerprint density at radius 2 is 1.88 bits per heavy atom. The van der Waals surface area contributed by atoms with Gasteiger partial charge in [-0.15, -0.1) is 0 Å². The molecule has 0 spiro atoms. The topological polar surface area (TPSA) is 59.5 Å². The fraction of sp³-hybridized carbons (Fsp3) is 0.545. The van der Waals surface area contributed by atoms with Crippen molar-refractivity contribution in [2.75, 3.05) is 7.05 Å². The van der Waals surface area contributed by atoms with Crippen LogP contribution in [0.25, 0.3) is 0 Å². The van der Waals surface area contributed by atoms with Gasteiger partial charge >= 0.3 is 0 Å². The van der Waals surface area contributed by atoms with Gasteiger partial charge in [0, 0.05) is 25.8 Å². The molecule has 0 amide bonds. The van der Waals surface area contributed by atoms with E-state index in [-0.39, 0.29) is 17.0 Å². The molecule has 0 radical (unpaired) electrons. The molecule has 17 heavy (non-hydrogen) atoms. The zero-order valence-corrected chi connectivity index (χ0v) is 11.3. The van der Waals surface area contributed by atoms with Crippen LogP contribution in [0.3, 0.4) is 0 Å². The highest BCUT2D eigenvalue weighted by Gasteiger charge is 2.17. The van der Waals surface area contributed by atoms with E-state index in [1.54, 1.807) is 14.0 Å². The lowest BCUT2D eigenvalue weighted by atomic mass is 10.2. The standard InChI is InChI=1S/C11H17N3O2S/c1-5-13-9(15)8(7(3)12-4)10(16)14(6-2)11(13)17/h15H,5-6H2,1-4H3. The number of nitrogens with zero attached hydrogens (tertiary/aromatic N) is 3. The van der Waals surface area contributed by atoms with Crippen molar-refractivity contribution in [1.82, 2.24) is 9.13 Å². The van der Waals surface area contributed by atoms with E-state index in [2.05, 4.69) is 4.99 Å². The highest BCUT2D eigenvalue weighted by atomic mass is 32.1. The van der Waals surface area contributed by atoms with Gasteiger partial charge in [0.15, 0.2) is 4.77 Å². The number of hydrogen-bond donors (Lipinski definition) is 1. The average molecular weight is 255 g/mol. The van der Waals surface area contributed by atoms with Crippen LogP contribution in [0.2, 0.25) is 0 Å². The predicted molar refractivity (Wildman–Crippen MR) is 70.7 cm³/mol. The van der Waals surface area contributed by atoms with Crippen molar-refractivity contribution in [2.24, 2.45) is 4.99 Å². The zero-order chi connectivity index (χ0) is 13.2. The summed E-state index contributed by atoms with van der Waals surface area (Å²) in [6.45, 7) is 6.38. The molecule has 0 bridgehead atoms. The Labute approximate surface area is 105 Å². The molecule has 0 aromatic carbocycles. The number of rotatable bonds is 3. The number of hydrogen-bond acceptors (Lipinski definition) is 4. The number of aliphatic imine (C=N–C) groups is 1. The van der Waals surface area contributed by atoms with Crippen molar-refractivity contribution in [1.29, 1.82) is 0 Å². The van der Waals surface area contributed by atoms with Crippen molar-refractivity contribution >= 4 is 17.9 Å². The molecule has 0 aliphatic rings. The first-order chi connectivity index (χ1) is 7.99. The smallest absolute Gasteiger partial charge is 0.267 e. The first-order valence-electron chi connectivity index (χ1n) is 5.49. The molecule has 5 nitrogen and oxygen atoms in total. The molecule has 1 aromatic rings. The second-order valence-corrected chi connectivity index (χ2v) is 3.95. The summed E-state index contributed by atoms with van der Waals surface area (Å²) in [5, 5.41) is 10.1. The largest absolute Gasteiger partial charge is 0.494 e. The monoisotopic (exact) mass is 255 g/mol. The first kappa shape index (κ1) is 13.6. The molecule has 1 N–H and O–H groups in total. The summed E-state index contributed by atoms with van der Waals surface area (Å²) >= 11 is 5.17. The second kappa shape index (κ2) is 5.27. The molecule has 1 heterocycles. The van der Waals surface area contributed by atoms with Gasteiger partial charge in [-0.1, -0.05) is 0 Å². The predicted octanol–water partition coefficient (Wildman–Crippen LogP) is 1.56. The summed E-state index contributed by atoms with van der Waals surface area (Å²) < 4.78 is 3.33. The lowest BCUT2D eigenvalue weighted by Gasteiger charge is -2.15. The Morgan fingerprint density at radius 3 is 2.29 bits per heavy atom. The van der Waals surface area contributed by atoms with Crippen LogP contribution in [0, 0.1) is 4.77 Å². The fourth-order valence-electron chi connectivity index (χ4n) is 1.68. The van der Waals surface area contributed by atoms with Crippen molar-refractivity contribution in [2.45, 2.75) is 33.9 Å². The normalized spacial score (nSPS) is 11.9. The minimum Gasteiger partial charge on any atom is -0.494 e. The van der Waals surface area contributed by atoms with Gasteiger partial charge in [0.05, 0.1) is 0 Å². The molecule has 0 aliphatic carbocycles. The highest BCUT2D eigenvalue weighted by Crippen LogP contribution is 2.15. The van der Waals surface area contributed by atoms with Crippen LogP contribution in [0.15, 0.2) is 9.79 Å². The molecule has 1 rings (SSSR count). The zero-order valence-electron chi connectivity index (χ0n) is 10.5. The third-order valence-corrected chi connectivity index (χ3v) is 3.17. The molecule has 94 valence electrons. The van der Waals surface area contributed by atoms with Crippen molar-refractivity contribution in [3.63, 3.8) is 0 Å². The van der Waals surface area contributed by atoms with Crippen LogP contribution in [-0.2, 0) is 13.1 Å². The summed E-state index contributed by atoms with van der Waals surface area (Å²) in [5.41, 5.74) is 0.444. The van der Waals surface area contributed by atoms with E-state index >= 15 is 0 Å². The van der Waals surface area contributed by atoms with Crippen molar-refractivity contribution in [3.05, 3.63) is 20.7 Å². The quantitative estimate of drug-likeness (QED) is 0.658. The van der Waals surface area contributed by atoms with E-state index in [1.807, 2.05) is 13.8 Å². The molecule has 0 fully saturated rings. The second-order valence-electron chi connectivity index (χ2n) is 3.58. The Kier molecular flexibility index (Phi) is 4.22. The number of aromatic hydroxyl groups is 1. The van der Waals surface area contributed by atoms with Gasteiger partial charge in [-0.05, 0) is 33.0 Å². The van der Waals surface area contributed by atoms with Gasteiger partial charge in [-0.3, -0.25) is 18.9 Å². The summed E-state index contributed by atoms with van der Waals surface area (Å²) in [6.07, 6.45) is 0. The maximum atomic E-state index is 12.2. The van der Waals surface area contributed by atoms with E-state index < -0.39 is 0 Å².